The molecule has 6 heteroatoms. The topological polar surface area (TPSA) is 50.4 Å². The molecule has 1 amide bonds. The molecule has 2 N–H and O–H groups in total. The standard InChI is InChI=1S/C14H18F2N2O2/c15-14(16)20-12-5-3-11(4-6-12)13(19)18-9-10-2-1-7-17-8-10/h3-6,10,14,17H,1-2,7-9H2,(H,18,19). The van der Waals surface area contributed by atoms with E-state index in [2.05, 4.69) is 15.4 Å². The van der Waals surface area contributed by atoms with Crippen LogP contribution in [-0.2, 0) is 0 Å². The third-order valence-electron chi connectivity index (χ3n) is 3.29. The van der Waals surface area contributed by atoms with Gasteiger partial charge in [0.1, 0.15) is 5.75 Å². The fourth-order valence-corrected chi connectivity index (χ4v) is 2.23. The van der Waals surface area contributed by atoms with Crippen LogP contribution in [0.2, 0.25) is 0 Å². The number of amides is 1. The van der Waals surface area contributed by atoms with Gasteiger partial charge in [-0.2, -0.15) is 8.78 Å². The van der Waals surface area contributed by atoms with E-state index in [1.54, 1.807) is 0 Å². The van der Waals surface area contributed by atoms with Crippen molar-refractivity contribution in [3.05, 3.63) is 29.8 Å². The molecule has 1 aliphatic heterocycles. The van der Waals surface area contributed by atoms with Gasteiger partial charge in [0.25, 0.3) is 5.91 Å². The van der Waals surface area contributed by atoms with Crippen molar-refractivity contribution in [3.63, 3.8) is 0 Å². The zero-order valence-electron chi connectivity index (χ0n) is 11.1. The lowest BCUT2D eigenvalue weighted by Crippen LogP contribution is -2.38. The molecule has 20 heavy (non-hydrogen) atoms. The summed E-state index contributed by atoms with van der Waals surface area (Å²) >= 11 is 0. The largest absolute Gasteiger partial charge is 0.435 e. The van der Waals surface area contributed by atoms with Crippen molar-refractivity contribution < 1.29 is 18.3 Å². The number of hydrogen-bond donors (Lipinski definition) is 2. The summed E-state index contributed by atoms with van der Waals surface area (Å²) in [6.07, 6.45) is 2.23. The van der Waals surface area contributed by atoms with Gasteiger partial charge >= 0.3 is 6.61 Å². The molecule has 1 heterocycles. The molecule has 0 saturated carbocycles. The first-order valence-electron chi connectivity index (χ1n) is 6.69. The molecule has 0 aromatic heterocycles. The summed E-state index contributed by atoms with van der Waals surface area (Å²) in [5.41, 5.74) is 0.440. The van der Waals surface area contributed by atoms with Gasteiger partial charge in [-0.25, -0.2) is 0 Å². The average molecular weight is 284 g/mol. The van der Waals surface area contributed by atoms with E-state index in [0.29, 0.717) is 18.0 Å². The highest BCUT2D eigenvalue weighted by molar-refractivity contribution is 5.94. The second kappa shape index (κ2) is 7.19. The molecule has 4 nitrogen and oxygen atoms in total. The minimum absolute atomic E-state index is 0.0491. The van der Waals surface area contributed by atoms with Gasteiger partial charge in [-0.15, -0.1) is 0 Å². The van der Waals surface area contributed by atoms with E-state index in [1.807, 2.05) is 0 Å². The van der Waals surface area contributed by atoms with Crippen LogP contribution in [0.3, 0.4) is 0 Å². The molecule has 0 aliphatic carbocycles. The molecule has 0 radical (unpaired) electrons. The van der Waals surface area contributed by atoms with Crippen molar-refractivity contribution in [2.24, 2.45) is 5.92 Å². The van der Waals surface area contributed by atoms with Gasteiger partial charge in [0, 0.05) is 12.1 Å². The Morgan fingerprint density at radius 2 is 2.15 bits per heavy atom. The number of hydrogen-bond acceptors (Lipinski definition) is 3. The molecule has 2 rings (SSSR count). The van der Waals surface area contributed by atoms with E-state index >= 15 is 0 Å². The van der Waals surface area contributed by atoms with E-state index < -0.39 is 6.61 Å². The van der Waals surface area contributed by atoms with Crippen LogP contribution in [0.1, 0.15) is 23.2 Å². The van der Waals surface area contributed by atoms with E-state index in [4.69, 9.17) is 0 Å². The van der Waals surface area contributed by atoms with E-state index in [0.717, 1.165) is 25.9 Å². The predicted molar refractivity (Wildman–Crippen MR) is 71.0 cm³/mol. The van der Waals surface area contributed by atoms with Crippen LogP contribution < -0.4 is 15.4 Å². The summed E-state index contributed by atoms with van der Waals surface area (Å²) in [4.78, 5) is 11.9. The summed E-state index contributed by atoms with van der Waals surface area (Å²) in [5, 5.41) is 6.15. The second-order valence-corrected chi connectivity index (χ2v) is 4.83. The van der Waals surface area contributed by atoms with Crippen LogP contribution in [0.25, 0.3) is 0 Å². The van der Waals surface area contributed by atoms with Crippen LogP contribution in [0, 0.1) is 5.92 Å². The monoisotopic (exact) mass is 284 g/mol. The van der Waals surface area contributed by atoms with Gasteiger partial charge in [-0.05, 0) is 56.1 Å². The molecule has 1 atom stereocenters. The van der Waals surface area contributed by atoms with Crippen molar-refractivity contribution in [1.82, 2.24) is 10.6 Å². The number of benzene rings is 1. The van der Waals surface area contributed by atoms with Crippen LogP contribution in [0.5, 0.6) is 5.75 Å². The summed E-state index contributed by atoms with van der Waals surface area (Å²) in [6, 6.07) is 5.69. The van der Waals surface area contributed by atoms with Crippen LogP contribution in [0.4, 0.5) is 8.78 Å². The minimum Gasteiger partial charge on any atom is -0.435 e. The lowest BCUT2D eigenvalue weighted by atomic mass is 10.00. The summed E-state index contributed by atoms with van der Waals surface area (Å²) in [5.74, 6) is 0.307. The van der Waals surface area contributed by atoms with Gasteiger partial charge in [0.15, 0.2) is 0 Å². The van der Waals surface area contributed by atoms with Crippen molar-refractivity contribution in [3.8, 4) is 5.75 Å². The van der Waals surface area contributed by atoms with Crippen molar-refractivity contribution in [1.29, 1.82) is 0 Å². The Balaban J connectivity index is 1.82. The van der Waals surface area contributed by atoms with Gasteiger partial charge in [0.2, 0.25) is 0 Å². The zero-order valence-corrected chi connectivity index (χ0v) is 11.1. The maximum absolute atomic E-state index is 12.0. The van der Waals surface area contributed by atoms with E-state index in [-0.39, 0.29) is 11.7 Å². The molecule has 0 bridgehead atoms. The minimum atomic E-state index is -2.85. The maximum atomic E-state index is 12.0. The van der Waals surface area contributed by atoms with Crippen molar-refractivity contribution in [2.75, 3.05) is 19.6 Å². The SMILES string of the molecule is O=C(NCC1CCCNC1)c1ccc(OC(F)F)cc1. The van der Waals surface area contributed by atoms with Gasteiger partial charge in [-0.3, -0.25) is 4.79 Å². The number of piperidine rings is 1. The summed E-state index contributed by atoms with van der Waals surface area (Å²) in [6.45, 7) is -0.271. The molecule has 1 aromatic carbocycles. The third-order valence-corrected chi connectivity index (χ3v) is 3.29. The lowest BCUT2D eigenvalue weighted by molar-refractivity contribution is -0.0498. The Labute approximate surface area is 116 Å². The van der Waals surface area contributed by atoms with Gasteiger partial charge in [0.05, 0.1) is 0 Å². The first kappa shape index (κ1) is 14.7. The van der Waals surface area contributed by atoms with Gasteiger partial charge in [-0.1, -0.05) is 0 Å². The molecule has 0 spiro atoms. The first-order chi connectivity index (χ1) is 9.65. The highest BCUT2D eigenvalue weighted by Crippen LogP contribution is 2.15. The first-order valence-corrected chi connectivity index (χ1v) is 6.69. The Morgan fingerprint density at radius 3 is 2.75 bits per heavy atom. The predicted octanol–water partition coefficient (Wildman–Crippen LogP) is 2.02. The molecule has 1 aliphatic rings. The average Bonchev–Trinajstić information content (AvgIpc) is 2.46. The fourth-order valence-electron chi connectivity index (χ4n) is 2.23. The molecule has 1 aromatic rings. The number of ether oxygens (including phenoxy) is 1. The number of rotatable bonds is 5. The normalized spacial score (nSPS) is 18.9. The Hall–Kier alpha value is -1.69. The van der Waals surface area contributed by atoms with Crippen LogP contribution >= 0.6 is 0 Å². The van der Waals surface area contributed by atoms with Gasteiger partial charge < -0.3 is 15.4 Å². The van der Waals surface area contributed by atoms with E-state index in [1.165, 1.54) is 24.3 Å². The van der Waals surface area contributed by atoms with Crippen molar-refractivity contribution in [2.45, 2.75) is 19.5 Å². The summed E-state index contributed by atoms with van der Waals surface area (Å²) < 4.78 is 28.2. The molecule has 110 valence electrons. The Kier molecular flexibility index (Phi) is 5.29. The second-order valence-electron chi connectivity index (χ2n) is 4.83. The Bertz CT molecular complexity index is 431. The fraction of sp³-hybridized carbons (Fsp3) is 0.500. The Morgan fingerprint density at radius 1 is 1.40 bits per heavy atom. The number of halogens is 2. The molecule has 1 fully saturated rings. The molecule has 1 unspecified atom stereocenters. The number of carbonyl (C=O) groups excluding carboxylic acids is 1. The van der Waals surface area contributed by atoms with E-state index in [9.17, 15) is 13.6 Å². The smallest absolute Gasteiger partial charge is 0.387 e. The van der Waals surface area contributed by atoms with Crippen LogP contribution in [0.15, 0.2) is 24.3 Å². The third kappa shape index (κ3) is 4.45. The number of carbonyl (C=O) groups is 1. The molecular formula is C14H18F2N2O2. The quantitative estimate of drug-likeness (QED) is 0.869. The molecular weight excluding hydrogens is 266 g/mol. The van der Waals surface area contributed by atoms with Crippen molar-refractivity contribution >= 4 is 5.91 Å². The maximum Gasteiger partial charge on any atom is 0.387 e. The number of nitrogens with one attached hydrogen (secondary N) is 2. The summed E-state index contributed by atoms with van der Waals surface area (Å²) in [7, 11) is 0. The highest BCUT2D eigenvalue weighted by Gasteiger charge is 2.14. The van der Waals surface area contributed by atoms with Crippen LogP contribution in [-0.4, -0.2) is 32.2 Å². The number of alkyl halides is 2. The molecule has 1 saturated heterocycles. The zero-order chi connectivity index (χ0) is 14.4. The lowest BCUT2D eigenvalue weighted by Gasteiger charge is -2.22. The highest BCUT2D eigenvalue weighted by atomic mass is 19.3.